The molecule has 1 atom stereocenters. The number of amides is 1. The van der Waals surface area contributed by atoms with Crippen molar-refractivity contribution in [3.05, 3.63) is 89.2 Å². The number of hydrogen-bond acceptors (Lipinski definition) is 4. The highest BCUT2D eigenvalue weighted by atomic mass is 35.5. The monoisotopic (exact) mass is 473 g/mol. The standard InChI is InChI=1S/C27H24ClN3O3/c1-2-34-22-13-11-21(12-14-22)30-16-19(15-26(30)33)27-29-23-5-3-4-6-24(23)31(27)17-25(32)18-7-9-20(28)10-8-18/h3-14,19H,2,15-17H2,1H3. The van der Waals surface area contributed by atoms with Crippen molar-refractivity contribution in [2.45, 2.75) is 25.8 Å². The zero-order chi connectivity index (χ0) is 23.7. The van der Waals surface area contributed by atoms with Gasteiger partial charge in [0.15, 0.2) is 5.78 Å². The smallest absolute Gasteiger partial charge is 0.227 e. The normalized spacial score (nSPS) is 15.8. The average molecular weight is 474 g/mol. The molecule has 1 aliphatic rings. The Morgan fingerprint density at radius 2 is 1.79 bits per heavy atom. The van der Waals surface area contributed by atoms with Crippen LogP contribution in [-0.4, -0.2) is 34.4 Å². The number of halogens is 1. The van der Waals surface area contributed by atoms with Crippen molar-refractivity contribution in [2.24, 2.45) is 0 Å². The second kappa shape index (κ2) is 9.31. The zero-order valence-electron chi connectivity index (χ0n) is 18.8. The van der Waals surface area contributed by atoms with Crippen molar-refractivity contribution >= 4 is 40.0 Å². The Kier molecular flexibility index (Phi) is 6.07. The van der Waals surface area contributed by atoms with E-state index in [1.54, 1.807) is 29.2 Å². The molecule has 0 radical (unpaired) electrons. The Hall–Kier alpha value is -3.64. The average Bonchev–Trinajstić information content (AvgIpc) is 3.41. The van der Waals surface area contributed by atoms with Gasteiger partial charge in [-0.25, -0.2) is 4.98 Å². The van der Waals surface area contributed by atoms with Crippen LogP contribution >= 0.6 is 11.6 Å². The lowest BCUT2D eigenvalue weighted by atomic mass is 10.1. The number of hydrogen-bond donors (Lipinski definition) is 0. The fourth-order valence-electron chi connectivity index (χ4n) is 4.46. The molecule has 1 saturated heterocycles. The first kappa shape index (κ1) is 22.2. The molecular formula is C27H24ClN3O3. The molecule has 0 saturated carbocycles. The van der Waals surface area contributed by atoms with Gasteiger partial charge >= 0.3 is 0 Å². The number of imidazole rings is 1. The maximum Gasteiger partial charge on any atom is 0.227 e. The number of nitrogens with zero attached hydrogens (tertiary/aromatic N) is 3. The van der Waals surface area contributed by atoms with Gasteiger partial charge in [0.25, 0.3) is 0 Å². The Labute approximate surface area is 202 Å². The summed E-state index contributed by atoms with van der Waals surface area (Å²) >= 11 is 5.98. The van der Waals surface area contributed by atoms with Gasteiger partial charge in [-0.1, -0.05) is 23.7 Å². The summed E-state index contributed by atoms with van der Waals surface area (Å²) in [5, 5.41) is 0.587. The minimum atomic E-state index is -0.121. The minimum Gasteiger partial charge on any atom is -0.494 e. The van der Waals surface area contributed by atoms with Crippen LogP contribution in [0.5, 0.6) is 5.75 Å². The summed E-state index contributed by atoms with van der Waals surface area (Å²) in [4.78, 5) is 32.7. The van der Waals surface area contributed by atoms with Gasteiger partial charge in [-0.15, -0.1) is 0 Å². The lowest BCUT2D eigenvalue weighted by Crippen LogP contribution is -2.24. The number of para-hydroxylation sites is 2. The molecule has 0 bridgehead atoms. The van der Waals surface area contributed by atoms with Crippen molar-refractivity contribution in [1.82, 2.24) is 9.55 Å². The molecule has 1 amide bonds. The summed E-state index contributed by atoms with van der Waals surface area (Å²) in [6.07, 6.45) is 0.339. The zero-order valence-corrected chi connectivity index (χ0v) is 19.5. The van der Waals surface area contributed by atoms with E-state index in [4.69, 9.17) is 21.3 Å². The van der Waals surface area contributed by atoms with Gasteiger partial charge in [-0.2, -0.15) is 0 Å². The second-order valence-electron chi connectivity index (χ2n) is 8.31. The third kappa shape index (κ3) is 4.29. The van der Waals surface area contributed by atoms with E-state index in [0.717, 1.165) is 28.3 Å². The van der Waals surface area contributed by atoms with Crippen molar-refractivity contribution in [2.75, 3.05) is 18.1 Å². The number of ether oxygens (including phenoxy) is 1. The Morgan fingerprint density at radius 1 is 1.06 bits per heavy atom. The molecule has 1 fully saturated rings. The lowest BCUT2D eigenvalue weighted by Gasteiger charge is -2.18. The summed E-state index contributed by atoms with van der Waals surface area (Å²) in [5.41, 5.74) is 3.11. The largest absolute Gasteiger partial charge is 0.494 e. The fourth-order valence-corrected chi connectivity index (χ4v) is 4.59. The van der Waals surface area contributed by atoms with E-state index in [-0.39, 0.29) is 24.2 Å². The number of benzene rings is 3. The third-order valence-electron chi connectivity index (χ3n) is 6.10. The van der Waals surface area contributed by atoms with Crippen LogP contribution in [0, 0.1) is 0 Å². The highest BCUT2D eigenvalue weighted by Gasteiger charge is 2.35. The number of anilines is 1. The predicted octanol–water partition coefficient (Wildman–Crippen LogP) is 5.49. The van der Waals surface area contributed by atoms with Crippen LogP contribution in [0.2, 0.25) is 5.02 Å². The first-order valence-electron chi connectivity index (χ1n) is 11.3. The number of Topliss-reactive ketones (excluding diaryl/α,β-unsaturated/α-hetero) is 1. The van der Waals surface area contributed by atoms with Crippen LogP contribution in [0.25, 0.3) is 11.0 Å². The Balaban J connectivity index is 1.45. The molecule has 5 rings (SSSR count). The van der Waals surface area contributed by atoms with Crippen LogP contribution in [0.15, 0.2) is 72.8 Å². The molecule has 172 valence electrons. The highest BCUT2D eigenvalue weighted by molar-refractivity contribution is 6.30. The molecule has 7 heteroatoms. The third-order valence-corrected chi connectivity index (χ3v) is 6.35. The molecule has 1 aromatic heterocycles. The molecule has 4 aromatic rings. The van der Waals surface area contributed by atoms with Gasteiger partial charge in [0.1, 0.15) is 11.6 Å². The minimum absolute atomic E-state index is 0.0336. The number of rotatable bonds is 7. The van der Waals surface area contributed by atoms with Crippen LogP contribution in [0.4, 0.5) is 5.69 Å². The first-order chi connectivity index (χ1) is 16.5. The molecule has 2 heterocycles. The van der Waals surface area contributed by atoms with E-state index < -0.39 is 0 Å². The van der Waals surface area contributed by atoms with E-state index in [1.165, 1.54) is 0 Å². The van der Waals surface area contributed by atoms with E-state index >= 15 is 0 Å². The van der Waals surface area contributed by atoms with E-state index in [1.807, 2.05) is 60.0 Å². The summed E-state index contributed by atoms with van der Waals surface area (Å²) in [7, 11) is 0. The van der Waals surface area contributed by atoms with E-state index in [0.29, 0.717) is 30.2 Å². The van der Waals surface area contributed by atoms with Crippen molar-refractivity contribution in [1.29, 1.82) is 0 Å². The van der Waals surface area contributed by atoms with Gasteiger partial charge in [-0.05, 0) is 67.6 Å². The Bertz CT molecular complexity index is 1350. The first-order valence-corrected chi connectivity index (χ1v) is 11.7. The van der Waals surface area contributed by atoms with Gasteiger partial charge in [-0.3, -0.25) is 9.59 Å². The summed E-state index contributed by atoms with van der Waals surface area (Å²) in [6, 6.07) is 22.2. The molecule has 1 unspecified atom stereocenters. The molecule has 34 heavy (non-hydrogen) atoms. The highest BCUT2D eigenvalue weighted by Crippen LogP contribution is 2.34. The predicted molar refractivity (Wildman–Crippen MR) is 133 cm³/mol. The van der Waals surface area contributed by atoms with E-state index in [2.05, 4.69) is 0 Å². The SMILES string of the molecule is CCOc1ccc(N2CC(c3nc4ccccc4n3CC(=O)c3ccc(Cl)cc3)CC2=O)cc1. The molecular weight excluding hydrogens is 450 g/mol. The van der Waals surface area contributed by atoms with Gasteiger partial charge in [0.2, 0.25) is 5.91 Å². The molecule has 1 aliphatic heterocycles. The maximum atomic E-state index is 13.1. The molecule has 0 aliphatic carbocycles. The number of fused-ring (bicyclic) bond motifs is 1. The summed E-state index contributed by atoms with van der Waals surface area (Å²) in [6.45, 7) is 3.18. The fraction of sp³-hybridized carbons (Fsp3) is 0.222. The molecule has 0 N–H and O–H groups in total. The molecule has 3 aromatic carbocycles. The summed E-state index contributed by atoms with van der Waals surface area (Å²) < 4.78 is 7.46. The number of ketones is 1. The topological polar surface area (TPSA) is 64.4 Å². The van der Waals surface area contributed by atoms with E-state index in [9.17, 15) is 9.59 Å². The van der Waals surface area contributed by atoms with Crippen molar-refractivity contribution in [3.63, 3.8) is 0 Å². The number of aromatic nitrogens is 2. The van der Waals surface area contributed by atoms with Crippen LogP contribution in [-0.2, 0) is 11.3 Å². The number of carbonyl (C=O) groups is 2. The lowest BCUT2D eigenvalue weighted by molar-refractivity contribution is -0.117. The van der Waals surface area contributed by atoms with Crippen molar-refractivity contribution in [3.8, 4) is 5.75 Å². The van der Waals surface area contributed by atoms with Gasteiger partial charge in [0.05, 0.1) is 24.2 Å². The molecule has 6 nitrogen and oxygen atoms in total. The van der Waals surface area contributed by atoms with Crippen LogP contribution < -0.4 is 9.64 Å². The summed E-state index contributed by atoms with van der Waals surface area (Å²) in [5.74, 6) is 1.41. The van der Waals surface area contributed by atoms with Crippen molar-refractivity contribution < 1.29 is 14.3 Å². The maximum absolute atomic E-state index is 13.1. The number of carbonyl (C=O) groups excluding carboxylic acids is 2. The van der Waals surface area contributed by atoms with Gasteiger partial charge < -0.3 is 14.2 Å². The quantitative estimate of drug-likeness (QED) is 0.333. The second-order valence-corrected chi connectivity index (χ2v) is 8.74. The molecule has 0 spiro atoms. The van der Waals surface area contributed by atoms with Crippen LogP contribution in [0.3, 0.4) is 0 Å². The van der Waals surface area contributed by atoms with Crippen LogP contribution in [0.1, 0.15) is 35.4 Å². The Morgan fingerprint density at radius 3 is 2.53 bits per heavy atom. The van der Waals surface area contributed by atoms with Gasteiger partial charge in [0, 0.05) is 35.2 Å².